The van der Waals surface area contributed by atoms with E-state index < -0.39 is 5.91 Å². The first kappa shape index (κ1) is 18.3. The van der Waals surface area contributed by atoms with E-state index in [1.165, 1.54) is 16.7 Å². The highest BCUT2D eigenvalue weighted by Gasteiger charge is 2.20. The van der Waals surface area contributed by atoms with Gasteiger partial charge >= 0.3 is 0 Å². The van der Waals surface area contributed by atoms with Gasteiger partial charge in [0.05, 0.1) is 5.69 Å². The molecule has 0 bridgehead atoms. The van der Waals surface area contributed by atoms with E-state index in [9.17, 15) is 14.7 Å². The molecule has 1 aromatic heterocycles. The second-order valence-electron chi connectivity index (χ2n) is 6.15. The molecule has 1 heterocycles. The highest BCUT2D eigenvalue weighted by molar-refractivity contribution is 5.96. The molecule has 2 aromatic carbocycles. The topological polar surface area (TPSA) is 126 Å². The van der Waals surface area contributed by atoms with E-state index in [2.05, 4.69) is 10.2 Å². The Morgan fingerprint density at radius 3 is 2.41 bits per heavy atom. The van der Waals surface area contributed by atoms with Crippen molar-refractivity contribution in [3.05, 3.63) is 42.0 Å². The summed E-state index contributed by atoms with van der Waals surface area (Å²) in [7, 11) is 1.54. The Labute approximate surface area is 155 Å². The van der Waals surface area contributed by atoms with Gasteiger partial charge < -0.3 is 10.0 Å². The van der Waals surface area contributed by atoms with Crippen LogP contribution in [0.1, 0.15) is 18.4 Å². The molecular formula is C18H20N6O3. The third-order valence-corrected chi connectivity index (χ3v) is 4.18. The predicted molar refractivity (Wildman–Crippen MR) is 100 cm³/mol. The first-order valence-electron chi connectivity index (χ1n) is 8.32. The average Bonchev–Trinajstić information content (AvgIpc) is 3.10. The summed E-state index contributed by atoms with van der Waals surface area (Å²) in [6, 6.07) is 10.8. The van der Waals surface area contributed by atoms with E-state index in [0.717, 1.165) is 5.56 Å². The van der Waals surface area contributed by atoms with Gasteiger partial charge in [0.1, 0.15) is 16.7 Å². The van der Waals surface area contributed by atoms with Gasteiger partial charge in [-0.1, -0.05) is 12.1 Å². The first-order valence-corrected chi connectivity index (χ1v) is 8.32. The van der Waals surface area contributed by atoms with Gasteiger partial charge in [0.2, 0.25) is 11.8 Å². The molecule has 9 heteroatoms. The van der Waals surface area contributed by atoms with Gasteiger partial charge in [-0.05, 0) is 36.8 Å². The number of carbonyl (C=O) groups excluding carboxylic acids is 2. The van der Waals surface area contributed by atoms with Crippen molar-refractivity contribution in [3.63, 3.8) is 0 Å². The van der Waals surface area contributed by atoms with Crippen LogP contribution < -0.4 is 16.2 Å². The molecule has 4 N–H and O–H groups in total. The Balaban J connectivity index is 1.95. The molecule has 2 amide bonds. The molecule has 0 saturated carbocycles. The number of hydrogen-bond acceptors (Lipinski definition) is 6. The fourth-order valence-corrected chi connectivity index (χ4v) is 2.71. The normalized spacial score (nSPS) is 10.8. The van der Waals surface area contributed by atoms with Crippen LogP contribution in [-0.4, -0.2) is 39.0 Å². The van der Waals surface area contributed by atoms with Crippen molar-refractivity contribution in [2.24, 2.45) is 5.84 Å². The number of carbonyl (C=O) groups is 2. The molecule has 0 aliphatic carbocycles. The van der Waals surface area contributed by atoms with E-state index in [4.69, 9.17) is 5.84 Å². The minimum atomic E-state index is -0.432. The standard InChI is InChI=1S/C18H20N6O3/c1-11-9-14(23(2)17(26)8-7-16(25)20-19)18(27)15(10-11)24-21-12-5-3-4-6-13(12)22-24/h3-6,9-10,27H,7-8,19H2,1-2H3,(H,20,25). The monoisotopic (exact) mass is 368 g/mol. The zero-order chi connectivity index (χ0) is 19.6. The van der Waals surface area contributed by atoms with Crippen molar-refractivity contribution >= 4 is 28.5 Å². The average molecular weight is 368 g/mol. The maximum atomic E-state index is 12.4. The van der Waals surface area contributed by atoms with Gasteiger partial charge in [0.25, 0.3) is 0 Å². The molecular weight excluding hydrogens is 348 g/mol. The molecule has 0 unspecified atom stereocenters. The molecule has 27 heavy (non-hydrogen) atoms. The molecule has 3 aromatic rings. The van der Waals surface area contributed by atoms with Crippen molar-refractivity contribution in [1.82, 2.24) is 20.4 Å². The second-order valence-corrected chi connectivity index (χ2v) is 6.15. The lowest BCUT2D eigenvalue weighted by molar-refractivity contribution is -0.125. The maximum Gasteiger partial charge on any atom is 0.234 e. The minimum absolute atomic E-state index is 0.0356. The molecule has 0 aliphatic heterocycles. The first-order chi connectivity index (χ1) is 12.9. The van der Waals surface area contributed by atoms with Gasteiger partial charge in [-0.15, -0.1) is 15.0 Å². The predicted octanol–water partition coefficient (Wildman–Crippen LogP) is 1.17. The lowest BCUT2D eigenvalue weighted by Crippen LogP contribution is -2.32. The Morgan fingerprint density at radius 1 is 1.19 bits per heavy atom. The third-order valence-electron chi connectivity index (χ3n) is 4.18. The van der Waals surface area contributed by atoms with E-state index in [1.807, 2.05) is 36.6 Å². The lowest BCUT2D eigenvalue weighted by atomic mass is 10.1. The van der Waals surface area contributed by atoms with Crippen molar-refractivity contribution in [1.29, 1.82) is 0 Å². The summed E-state index contributed by atoms with van der Waals surface area (Å²) >= 11 is 0. The zero-order valence-electron chi connectivity index (χ0n) is 15.0. The number of hydrogen-bond donors (Lipinski definition) is 3. The fourth-order valence-electron chi connectivity index (χ4n) is 2.71. The number of anilines is 1. The Bertz CT molecular complexity index is 980. The number of hydrazine groups is 1. The summed E-state index contributed by atoms with van der Waals surface area (Å²) in [4.78, 5) is 26.3. The van der Waals surface area contributed by atoms with Crippen molar-refractivity contribution in [2.45, 2.75) is 19.8 Å². The fraction of sp³-hybridized carbons (Fsp3) is 0.222. The summed E-state index contributed by atoms with van der Waals surface area (Å²) < 4.78 is 0. The smallest absolute Gasteiger partial charge is 0.234 e. The number of aromatic nitrogens is 3. The number of benzene rings is 2. The van der Waals surface area contributed by atoms with Gasteiger partial charge in [-0.2, -0.15) is 0 Å². The van der Waals surface area contributed by atoms with Crippen LogP contribution in [0, 0.1) is 6.92 Å². The van der Waals surface area contributed by atoms with E-state index in [-0.39, 0.29) is 24.5 Å². The van der Waals surface area contributed by atoms with E-state index in [1.54, 1.807) is 12.1 Å². The van der Waals surface area contributed by atoms with Crippen LogP contribution in [0.2, 0.25) is 0 Å². The quantitative estimate of drug-likeness (QED) is 0.352. The number of nitrogens with two attached hydrogens (primary N) is 1. The van der Waals surface area contributed by atoms with Crippen molar-refractivity contribution in [3.8, 4) is 11.4 Å². The second kappa shape index (κ2) is 7.42. The van der Waals surface area contributed by atoms with Crippen LogP contribution in [0.3, 0.4) is 0 Å². The largest absolute Gasteiger partial charge is 0.504 e. The molecule has 0 fully saturated rings. The molecule has 0 aliphatic rings. The molecule has 140 valence electrons. The van der Waals surface area contributed by atoms with Crippen LogP contribution >= 0.6 is 0 Å². The maximum absolute atomic E-state index is 12.4. The van der Waals surface area contributed by atoms with E-state index in [0.29, 0.717) is 22.4 Å². The third kappa shape index (κ3) is 3.72. The Hall–Kier alpha value is -3.46. The number of nitrogens with one attached hydrogen (secondary N) is 1. The van der Waals surface area contributed by atoms with Crippen molar-refractivity contribution < 1.29 is 14.7 Å². The zero-order valence-corrected chi connectivity index (χ0v) is 15.0. The number of rotatable bonds is 5. The van der Waals surface area contributed by atoms with Crippen LogP contribution in [0.5, 0.6) is 5.75 Å². The number of amides is 2. The van der Waals surface area contributed by atoms with Gasteiger partial charge in [-0.25, -0.2) is 5.84 Å². The molecule has 0 saturated heterocycles. The van der Waals surface area contributed by atoms with Crippen molar-refractivity contribution in [2.75, 3.05) is 11.9 Å². The number of phenols is 1. The van der Waals surface area contributed by atoms with Crippen LogP contribution in [0.25, 0.3) is 16.7 Å². The Kier molecular flexibility index (Phi) is 5.04. The van der Waals surface area contributed by atoms with Gasteiger partial charge in [0, 0.05) is 19.9 Å². The number of nitrogens with zero attached hydrogens (tertiary/aromatic N) is 4. The van der Waals surface area contributed by atoms with Crippen LogP contribution in [0.15, 0.2) is 36.4 Å². The Morgan fingerprint density at radius 2 is 1.81 bits per heavy atom. The minimum Gasteiger partial charge on any atom is -0.504 e. The van der Waals surface area contributed by atoms with Gasteiger partial charge in [-0.3, -0.25) is 15.0 Å². The summed E-state index contributed by atoms with van der Waals surface area (Å²) in [5.41, 5.74) is 4.86. The number of aryl methyl sites for hydroxylation is 1. The molecule has 0 atom stereocenters. The molecule has 9 nitrogen and oxygen atoms in total. The summed E-state index contributed by atoms with van der Waals surface area (Å²) in [6.45, 7) is 1.84. The summed E-state index contributed by atoms with van der Waals surface area (Å²) in [5, 5.41) is 19.5. The van der Waals surface area contributed by atoms with Crippen LogP contribution in [0.4, 0.5) is 5.69 Å². The van der Waals surface area contributed by atoms with Gasteiger partial charge in [0.15, 0.2) is 5.75 Å². The number of fused-ring (bicyclic) bond motifs is 1. The van der Waals surface area contributed by atoms with Crippen LogP contribution in [-0.2, 0) is 9.59 Å². The highest BCUT2D eigenvalue weighted by atomic mass is 16.3. The molecule has 0 spiro atoms. The SMILES string of the molecule is Cc1cc(N(C)C(=O)CCC(=O)NN)c(O)c(-n2nc3ccccc3n2)c1. The highest BCUT2D eigenvalue weighted by Crippen LogP contribution is 2.34. The van der Waals surface area contributed by atoms with E-state index >= 15 is 0 Å². The lowest BCUT2D eigenvalue weighted by Gasteiger charge is -2.20. The molecule has 3 rings (SSSR count). The summed E-state index contributed by atoms with van der Waals surface area (Å²) in [6.07, 6.45) is -0.0721. The molecule has 0 radical (unpaired) electrons. The summed E-state index contributed by atoms with van der Waals surface area (Å²) in [5.74, 6) is 4.14. The number of aromatic hydroxyl groups is 1. The number of phenolic OH excluding ortho intramolecular Hbond substituents is 1.